The Morgan fingerprint density at radius 3 is 2.38 bits per heavy atom. The van der Waals surface area contributed by atoms with Crippen LogP contribution in [0.25, 0.3) is 0 Å². The molecule has 1 saturated carbocycles. The van der Waals surface area contributed by atoms with Crippen molar-refractivity contribution in [2.75, 3.05) is 13.1 Å². The summed E-state index contributed by atoms with van der Waals surface area (Å²) in [7, 11) is 0. The highest BCUT2D eigenvalue weighted by molar-refractivity contribution is 5.68. The van der Waals surface area contributed by atoms with Crippen molar-refractivity contribution >= 4 is 6.09 Å². The molecule has 2 rings (SSSR count). The molecule has 0 radical (unpaired) electrons. The van der Waals surface area contributed by atoms with Crippen molar-refractivity contribution in [2.45, 2.75) is 45.3 Å². The molecule has 1 amide bonds. The standard InChI is InChI=1S/C12H22N2O2/c1-12(2,3)16-11(15)14-10-5-4-9(10)8-6-13-7-8/h8-10,13H,4-7H2,1-3H3,(H,14,15). The van der Waals surface area contributed by atoms with Crippen LogP contribution in [0.1, 0.15) is 33.6 Å². The summed E-state index contributed by atoms with van der Waals surface area (Å²) in [5, 5.41) is 6.26. The van der Waals surface area contributed by atoms with E-state index < -0.39 is 5.60 Å². The van der Waals surface area contributed by atoms with E-state index >= 15 is 0 Å². The number of hydrogen-bond donors (Lipinski definition) is 2. The van der Waals surface area contributed by atoms with E-state index in [1.54, 1.807) is 0 Å². The Balaban J connectivity index is 1.75. The van der Waals surface area contributed by atoms with E-state index in [9.17, 15) is 4.79 Å². The van der Waals surface area contributed by atoms with Gasteiger partial charge in [-0.15, -0.1) is 0 Å². The minimum Gasteiger partial charge on any atom is -0.444 e. The quantitative estimate of drug-likeness (QED) is 0.750. The molecule has 2 atom stereocenters. The van der Waals surface area contributed by atoms with E-state index in [-0.39, 0.29) is 6.09 Å². The summed E-state index contributed by atoms with van der Waals surface area (Å²) in [6.07, 6.45) is 2.07. The molecule has 0 aromatic carbocycles. The first-order chi connectivity index (χ1) is 7.46. The van der Waals surface area contributed by atoms with Gasteiger partial charge in [0.2, 0.25) is 0 Å². The lowest BCUT2D eigenvalue weighted by molar-refractivity contribution is 0.0351. The highest BCUT2D eigenvalue weighted by Crippen LogP contribution is 2.35. The van der Waals surface area contributed by atoms with Gasteiger partial charge in [-0.3, -0.25) is 0 Å². The van der Waals surface area contributed by atoms with E-state index in [4.69, 9.17) is 4.74 Å². The van der Waals surface area contributed by atoms with Gasteiger partial charge < -0.3 is 15.4 Å². The van der Waals surface area contributed by atoms with Gasteiger partial charge in [0.15, 0.2) is 0 Å². The molecule has 1 aliphatic carbocycles. The second-order valence-corrected chi connectivity index (χ2v) is 5.91. The minimum absolute atomic E-state index is 0.269. The molecular weight excluding hydrogens is 204 g/mol. The van der Waals surface area contributed by atoms with Crippen molar-refractivity contribution in [3.8, 4) is 0 Å². The van der Waals surface area contributed by atoms with E-state index in [1.807, 2.05) is 20.8 Å². The molecule has 0 spiro atoms. The number of ether oxygens (including phenoxy) is 1. The third kappa shape index (κ3) is 2.67. The maximum Gasteiger partial charge on any atom is 0.407 e. The summed E-state index contributed by atoms with van der Waals surface area (Å²) in [6.45, 7) is 7.89. The van der Waals surface area contributed by atoms with Gasteiger partial charge in [-0.2, -0.15) is 0 Å². The fraction of sp³-hybridized carbons (Fsp3) is 0.917. The number of nitrogens with one attached hydrogen (secondary N) is 2. The summed E-state index contributed by atoms with van der Waals surface area (Å²) < 4.78 is 5.26. The van der Waals surface area contributed by atoms with Crippen molar-refractivity contribution < 1.29 is 9.53 Å². The van der Waals surface area contributed by atoms with Gasteiger partial charge in [0.25, 0.3) is 0 Å². The van der Waals surface area contributed by atoms with Gasteiger partial charge in [0, 0.05) is 6.04 Å². The van der Waals surface area contributed by atoms with Crippen molar-refractivity contribution in [2.24, 2.45) is 11.8 Å². The van der Waals surface area contributed by atoms with Crippen LogP contribution in [-0.2, 0) is 4.74 Å². The summed E-state index contributed by atoms with van der Waals surface area (Å²) in [4.78, 5) is 11.6. The first kappa shape index (κ1) is 11.7. The van der Waals surface area contributed by atoms with Crippen LogP contribution >= 0.6 is 0 Å². The number of amides is 1. The first-order valence-corrected chi connectivity index (χ1v) is 6.16. The first-order valence-electron chi connectivity index (χ1n) is 6.16. The van der Waals surface area contributed by atoms with Crippen LogP contribution in [0.4, 0.5) is 4.79 Å². The van der Waals surface area contributed by atoms with E-state index in [1.165, 1.54) is 6.42 Å². The summed E-state index contributed by atoms with van der Waals surface area (Å²) in [5.41, 5.74) is -0.401. The molecular formula is C12H22N2O2. The molecule has 2 N–H and O–H groups in total. The van der Waals surface area contributed by atoms with Crippen LogP contribution < -0.4 is 10.6 Å². The Morgan fingerprint density at radius 1 is 1.31 bits per heavy atom. The maximum absolute atomic E-state index is 11.6. The number of carbonyl (C=O) groups is 1. The number of alkyl carbamates (subject to hydrolysis) is 1. The molecule has 2 unspecified atom stereocenters. The Bertz CT molecular complexity index is 269. The lowest BCUT2D eigenvalue weighted by Gasteiger charge is -2.46. The van der Waals surface area contributed by atoms with Gasteiger partial charge >= 0.3 is 6.09 Å². The predicted molar refractivity (Wildman–Crippen MR) is 62.2 cm³/mol. The molecule has 0 aromatic rings. The zero-order valence-corrected chi connectivity index (χ0v) is 10.4. The van der Waals surface area contributed by atoms with E-state index in [2.05, 4.69) is 10.6 Å². The summed E-state index contributed by atoms with van der Waals surface area (Å²) >= 11 is 0. The fourth-order valence-corrected chi connectivity index (χ4v) is 2.34. The van der Waals surface area contributed by atoms with Gasteiger partial charge in [0.1, 0.15) is 5.60 Å². The number of carbonyl (C=O) groups excluding carboxylic acids is 1. The van der Waals surface area contributed by atoms with Crippen molar-refractivity contribution in [1.29, 1.82) is 0 Å². The van der Waals surface area contributed by atoms with Crippen LogP contribution in [0.5, 0.6) is 0 Å². The maximum atomic E-state index is 11.6. The molecule has 0 bridgehead atoms. The van der Waals surface area contributed by atoms with Crippen LogP contribution in [0.15, 0.2) is 0 Å². The lowest BCUT2D eigenvalue weighted by Crippen LogP contribution is -2.57. The Hall–Kier alpha value is -0.770. The smallest absolute Gasteiger partial charge is 0.407 e. The predicted octanol–water partition coefficient (Wildman–Crippen LogP) is 1.51. The second-order valence-electron chi connectivity index (χ2n) is 5.91. The second kappa shape index (κ2) is 4.24. The van der Waals surface area contributed by atoms with Gasteiger partial charge in [0.05, 0.1) is 0 Å². The SMILES string of the molecule is CC(C)(C)OC(=O)NC1CCC1C1CNC1. The van der Waals surface area contributed by atoms with Gasteiger partial charge in [-0.25, -0.2) is 4.79 Å². The molecule has 4 nitrogen and oxygen atoms in total. The Morgan fingerprint density at radius 2 is 2.00 bits per heavy atom. The molecule has 16 heavy (non-hydrogen) atoms. The van der Waals surface area contributed by atoms with Gasteiger partial charge in [-0.1, -0.05) is 0 Å². The minimum atomic E-state index is -0.401. The number of rotatable bonds is 2. The molecule has 92 valence electrons. The van der Waals surface area contributed by atoms with Crippen molar-refractivity contribution in [3.05, 3.63) is 0 Å². The lowest BCUT2D eigenvalue weighted by atomic mass is 9.69. The molecule has 1 aliphatic heterocycles. The fourth-order valence-electron chi connectivity index (χ4n) is 2.34. The Labute approximate surface area is 97.1 Å². The highest BCUT2D eigenvalue weighted by atomic mass is 16.6. The van der Waals surface area contributed by atoms with Crippen LogP contribution in [-0.4, -0.2) is 30.8 Å². The molecule has 0 aromatic heterocycles. The average Bonchev–Trinajstić information content (AvgIpc) is 2.02. The van der Waals surface area contributed by atoms with Crippen LogP contribution in [0.2, 0.25) is 0 Å². The molecule has 2 fully saturated rings. The van der Waals surface area contributed by atoms with Gasteiger partial charge in [-0.05, 0) is 58.5 Å². The molecule has 1 saturated heterocycles. The monoisotopic (exact) mass is 226 g/mol. The van der Waals surface area contributed by atoms with Crippen molar-refractivity contribution in [3.63, 3.8) is 0 Å². The average molecular weight is 226 g/mol. The van der Waals surface area contributed by atoms with Crippen molar-refractivity contribution in [1.82, 2.24) is 10.6 Å². The van der Waals surface area contributed by atoms with Crippen LogP contribution in [0, 0.1) is 11.8 Å². The zero-order valence-electron chi connectivity index (χ0n) is 10.4. The molecule has 2 aliphatic rings. The zero-order chi connectivity index (χ0) is 11.8. The molecule has 4 heteroatoms. The van der Waals surface area contributed by atoms with E-state index in [0.29, 0.717) is 12.0 Å². The topological polar surface area (TPSA) is 50.4 Å². The molecule has 1 heterocycles. The van der Waals surface area contributed by atoms with E-state index in [0.717, 1.165) is 25.4 Å². The number of hydrogen-bond acceptors (Lipinski definition) is 3. The summed E-state index contributed by atoms with van der Waals surface area (Å²) in [6, 6.07) is 0.335. The van der Waals surface area contributed by atoms with Crippen LogP contribution in [0.3, 0.4) is 0 Å². The normalized spacial score (nSPS) is 30.2. The summed E-state index contributed by atoms with van der Waals surface area (Å²) in [5.74, 6) is 1.42. The Kier molecular flexibility index (Phi) is 3.10. The third-order valence-electron chi connectivity index (χ3n) is 3.45. The largest absolute Gasteiger partial charge is 0.444 e. The third-order valence-corrected chi connectivity index (χ3v) is 3.45. The highest BCUT2D eigenvalue weighted by Gasteiger charge is 2.40.